The van der Waals surface area contributed by atoms with E-state index in [-0.39, 0.29) is 0 Å². The van der Waals surface area contributed by atoms with E-state index in [1.807, 2.05) is 0 Å². The molecule has 0 spiro atoms. The van der Waals surface area contributed by atoms with Gasteiger partial charge in [0.05, 0.1) is 0 Å². The van der Waals surface area contributed by atoms with E-state index in [4.69, 9.17) is 10.2 Å². The molecule has 3 heteroatoms. The molecule has 0 fully saturated rings. The standard InChI is InChI=1S/C7H13IO2/c8-6-4-2-1-3-5-7(9)10/h5,9-10H,1-4,6H2. The van der Waals surface area contributed by atoms with Gasteiger partial charge in [-0.1, -0.05) is 29.0 Å². The Morgan fingerprint density at radius 2 is 1.90 bits per heavy atom. The second-order valence-electron chi connectivity index (χ2n) is 2.10. The predicted molar refractivity (Wildman–Crippen MR) is 50.7 cm³/mol. The van der Waals surface area contributed by atoms with Crippen molar-refractivity contribution in [2.24, 2.45) is 0 Å². The Kier molecular flexibility index (Phi) is 7.23. The lowest BCUT2D eigenvalue weighted by Gasteiger charge is -1.92. The summed E-state index contributed by atoms with van der Waals surface area (Å²) in [7, 11) is 0. The minimum Gasteiger partial charge on any atom is -0.481 e. The molecule has 0 aliphatic carbocycles. The normalized spacial score (nSPS) is 9.30. The summed E-state index contributed by atoms with van der Waals surface area (Å²) in [4.78, 5) is 0. The van der Waals surface area contributed by atoms with Crippen molar-refractivity contribution in [3.05, 3.63) is 12.0 Å². The number of aliphatic hydroxyl groups excluding tert-OH is 1. The number of hydrogen-bond acceptors (Lipinski definition) is 2. The van der Waals surface area contributed by atoms with Crippen LogP contribution in [-0.2, 0) is 0 Å². The molecule has 0 aliphatic heterocycles. The van der Waals surface area contributed by atoms with Crippen LogP contribution >= 0.6 is 22.6 Å². The van der Waals surface area contributed by atoms with Crippen molar-refractivity contribution in [1.29, 1.82) is 0 Å². The highest BCUT2D eigenvalue weighted by Gasteiger charge is 1.87. The Labute approximate surface area is 75.1 Å². The first-order chi connectivity index (χ1) is 4.77. The van der Waals surface area contributed by atoms with Gasteiger partial charge in [-0.05, 0) is 29.8 Å². The molecular formula is C7H13IO2. The van der Waals surface area contributed by atoms with Crippen molar-refractivity contribution in [2.45, 2.75) is 25.7 Å². The SMILES string of the molecule is OC(O)=CCCCCCI. The third-order valence-corrected chi connectivity index (χ3v) is 1.93. The van der Waals surface area contributed by atoms with Crippen molar-refractivity contribution >= 4 is 22.6 Å². The summed E-state index contributed by atoms with van der Waals surface area (Å²) in [5.41, 5.74) is 0. The highest BCUT2D eigenvalue weighted by molar-refractivity contribution is 14.1. The average molecular weight is 256 g/mol. The lowest BCUT2D eigenvalue weighted by Crippen LogP contribution is -1.79. The van der Waals surface area contributed by atoms with Crippen molar-refractivity contribution in [2.75, 3.05) is 4.43 Å². The lowest BCUT2D eigenvalue weighted by atomic mass is 10.2. The smallest absolute Gasteiger partial charge is 0.269 e. The second-order valence-corrected chi connectivity index (χ2v) is 3.18. The first-order valence-corrected chi connectivity index (χ1v) is 4.94. The Bertz CT molecular complexity index is 97.8. The van der Waals surface area contributed by atoms with Crippen LogP contribution in [0.5, 0.6) is 0 Å². The van der Waals surface area contributed by atoms with Gasteiger partial charge in [0.1, 0.15) is 0 Å². The third kappa shape index (κ3) is 8.07. The van der Waals surface area contributed by atoms with E-state index in [0.717, 1.165) is 12.8 Å². The quantitative estimate of drug-likeness (QED) is 0.343. The average Bonchev–Trinajstić information content (AvgIpc) is 1.87. The maximum atomic E-state index is 8.32. The molecule has 0 aromatic carbocycles. The van der Waals surface area contributed by atoms with Gasteiger partial charge in [0.25, 0.3) is 5.95 Å². The minimum absolute atomic E-state index is 0.547. The summed E-state index contributed by atoms with van der Waals surface area (Å²) in [5.74, 6) is -0.547. The fourth-order valence-corrected chi connectivity index (χ4v) is 1.19. The molecule has 0 rings (SSSR count). The lowest BCUT2D eigenvalue weighted by molar-refractivity contribution is 0.189. The van der Waals surface area contributed by atoms with Gasteiger partial charge in [0, 0.05) is 0 Å². The predicted octanol–water partition coefficient (Wildman–Crippen LogP) is 2.94. The van der Waals surface area contributed by atoms with Crippen LogP contribution in [0.2, 0.25) is 0 Å². The molecular weight excluding hydrogens is 243 g/mol. The maximum Gasteiger partial charge on any atom is 0.269 e. The van der Waals surface area contributed by atoms with Crippen LogP contribution in [0.1, 0.15) is 25.7 Å². The Morgan fingerprint density at radius 1 is 1.20 bits per heavy atom. The number of allylic oxidation sites excluding steroid dienone is 1. The summed E-state index contributed by atoms with van der Waals surface area (Å²) in [5, 5.41) is 16.6. The molecule has 0 heterocycles. The molecule has 0 saturated carbocycles. The van der Waals surface area contributed by atoms with Crippen molar-refractivity contribution in [1.82, 2.24) is 0 Å². The van der Waals surface area contributed by atoms with E-state index in [2.05, 4.69) is 22.6 Å². The molecule has 0 aliphatic rings. The molecule has 0 bridgehead atoms. The second kappa shape index (κ2) is 7.18. The minimum atomic E-state index is -0.547. The topological polar surface area (TPSA) is 40.5 Å². The van der Waals surface area contributed by atoms with Crippen LogP contribution in [0.4, 0.5) is 0 Å². The summed E-state index contributed by atoms with van der Waals surface area (Å²) >= 11 is 2.34. The van der Waals surface area contributed by atoms with Crippen LogP contribution in [0, 0.1) is 0 Å². The molecule has 0 saturated heterocycles. The first kappa shape index (κ1) is 10.1. The number of alkyl halides is 1. The molecule has 0 unspecified atom stereocenters. The molecule has 2 N–H and O–H groups in total. The van der Waals surface area contributed by atoms with Crippen LogP contribution in [0.25, 0.3) is 0 Å². The van der Waals surface area contributed by atoms with E-state index < -0.39 is 5.95 Å². The van der Waals surface area contributed by atoms with E-state index in [1.54, 1.807) is 0 Å². The monoisotopic (exact) mass is 256 g/mol. The Balaban J connectivity index is 2.98. The number of unbranched alkanes of at least 4 members (excludes halogenated alkanes) is 3. The largest absolute Gasteiger partial charge is 0.481 e. The van der Waals surface area contributed by atoms with Gasteiger partial charge in [0.2, 0.25) is 0 Å². The van der Waals surface area contributed by atoms with Crippen molar-refractivity contribution in [3.8, 4) is 0 Å². The molecule has 60 valence electrons. The zero-order valence-electron chi connectivity index (χ0n) is 5.89. The summed E-state index contributed by atoms with van der Waals surface area (Å²) in [6, 6.07) is 0. The van der Waals surface area contributed by atoms with Crippen molar-refractivity contribution in [3.63, 3.8) is 0 Å². The van der Waals surface area contributed by atoms with Crippen LogP contribution in [0.15, 0.2) is 12.0 Å². The molecule has 0 amide bonds. The highest BCUT2D eigenvalue weighted by Crippen LogP contribution is 2.03. The summed E-state index contributed by atoms with van der Waals surface area (Å²) < 4.78 is 1.19. The highest BCUT2D eigenvalue weighted by atomic mass is 127. The molecule has 10 heavy (non-hydrogen) atoms. The number of halogens is 1. The van der Waals surface area contributed by atoms with Crippen LogP contribution in [0.3, 0.4) is 0 Å². The molecule has 0 aromatic rings. The number of hydrogen-bond donors (Lipinski definition) is 2. The molecule has 2 nitrogen and oxygen atoms in total. The molecule has 0 radical (unpaired) electrons. The van der Waals surface area contributed by atoms with Crippen LogP contribution in [-0.4, -0.2) is 14.6 Å². The first-order valence-electron chi connectivity index (χ1n) is 3.41. The maximum absolute atomic E-state index is 8.32. The van der Waals surface area contributed by atoms with Crippen molar-refractivity contribution < 1.29 is 10.2 Å². The van der Waals surface area contributed by atoms with E-state index in [1.165, 1.54) is 23.3 Å². The van der Waals surface area contributed by atoms with E-state index >= 15 is 0 Å². The van der Waals surface area contributed by atoms with Gasteiger partial charge in [0.15, 0.2) is 0 Å². The zero-order valence-corrected chi connectivity index (χ0v) is 8.04. The fraction of sp³-hybridized carbons (Fsp3) is 0.714. The molecule has 0 aromatic heterocycles. The van der Waals surface area contributed by atoms with Gasteiger partial charge in [-0.2, -0.15) is 0 Å². The Morgan fingerprint density at radius 3 is 2.40 bits per heavy atom. The number of aliphatic hydroxyl groups is 2. The van der Waals surface area contributed by atoms with Gasteiger partial charge in [-0.15, -0.1) is 0 Å². The fourth-order valence-electron chi connectivity index (χ4n) is 0.647. The van der Waals surface area contributed by atoms with Gasteiger partial charge in [-0.25, -0.2) is 0 Å². The van der Waals surface area contributed by atoms with E-state index in [0.29, 0.717) is 0 Å². The summed E-state index contributed by atoms with van der Waals surface area (Å²) in [6.45, 7) is 0. The van der Waals surface area contributed by atoms with Gasteiger partial charge in [-0.3, -0.25) is 0 Å². The summed E-state index contributed by atoms with van der Waals surface area (Å²) in [6.07, 6.45) is 5.66. The third-order valence-electron chi connectivity index (χ3n) is 1.16. The Hall–Kier alpha value is 0.0700. The number of rotatable bonds is 5. The molecule has 0 atom stereocenters. The zero-order chi connectivity index (χ0) is 7.82. The van der Waals surface area contributed by atoms with Gasteiger partial charge < -0.3 is 10.2 Å². The van der Waals surface area contributed by atoms with Crippen LogP contribution < -0.4 is 0 Å². The van der Waals surface area contributed by atoms with E-state index in [9.17, 15) is 0 Å². The van der Waals surface area contributed by atoms with Gasteiger partial charge >= 0.3 is 0 Å².